The topological polar surface area (TPSA) is 97.4 Å². The summed E-state index contributed by atoms with van der Waals surface area (Å²) in [4.78, 5) is 41.5. The standard InChI is InChI=1S/C38H48N4O6/c1-42(2,24-11-10-20-41-36(43)33-15-6-7-16-34(33)37(41)44)25-27-47-29-28-46-26-23-40-21-18-31(19-22-40)48-38(45)39-35-17-9-8-14-32(35)30-12-4-3-5-13-30/h3-9,12-17,31H,10-11,18-29H2,1-2H3/p+1. The lowest BCUT2D eigenvalue weighted by molar-refractivity contribution is -0.890. The smallest absolute Gasteiger partial charge is 0.411 e. The number of fused-ring (bicyclic) bond motifs is 1. The summed E-state index contributed by atoms with van der Waals surface area (Å²) in [5.74, 6) is -0.365. The second kappa shape index (κ2) is 17.3. The van der Waals surface area contributed by atoms with Crippen LogP contribution < -0.4 is 5.32 Å². The molecule has 0 aromatic heterocycles. The Kier molecular flexibility index (Phi) is 12.7. The van der Waals surface area contributed by atoms with Gasteiger partial charge in [-0.2, -0.15) is 0 Å². The van der Waals surface area contributed by atoms with E-state index in [-0.39, 0.29) is 17.9 Å². The lowest BCUT2D eigenvalue weighted by Gasteiger charge is -2.31. The predicted molar refractivity (Wildman–Crippen MR) is 186 cm³/mol. The summed E-state index contributed by atoms with van der Waals surface area (Å²) < 4.78 is 18.2. The fraction of sp³-hybridized carbons (Fsp3) is 0.447. The van der Waals surface area contributed by atoms with E-state index in [2.05, 4.69) is 24.3 Å². The van der Waals surface area contributed by atoms with Gasteiger partial charge in [-0.3, -0.25) is 19.8 Å². The van der Waals surface area contributed by atoms with Crippen LogP contribution in [0, 0.1) is 0 Å². The van der Waals surface area contributed by atoms with E-state index in [9.17, 15) is 14.4 Å². The average molecular weight is 658 g/mol. The van der Waals surface area contributed by atoms with Crippen molar-refractivity contribution in [3.05, 3.63) is 90.0 Å². The molecule has 0 spiro atoms. The third-order valence-corrected chi connectivity index (χ3v) is 9.10. The molecular weight excluding hydrogens is 608 g/mol. The Morgan fingerprint density at radius 2 is 1.33 bits per heavy atom. The van der Waals surface area contributed by atoms with Gasteiger partial charge in [-0.05, 0) is 49.4 Å². The minimum Gasteiger partial charge on any atom is -0.446 e. The van der Waals surface area contributed by atoms with Crippen LogP contribution in [0.15, 0.2) is 78.9 Å². The number of nitrogens with zero attached hydrogens (tertiary/aromatic N) is 3. The van der Waals surface area contributed by atoms with Gasteiger partial charge in [-0.1, -0.05) is 60.7 Å². The number of piperidine rings is 1. The number of benzene rings is 3. The zero-order valence-electron chi connectivity index (χ0n) is 28.3. The average Bonchev–Trinajstić information content (AvgIpc) is 3.34. The van der Waals surface area contributed by atoms with Gasteiger partial charge in [0.2, 0.25) is 0 Å². The first kappa shape index (κ1) is 35.2. The number of quaternary nitrogens is 1. The maximum Gasteiger partial charge on any atom is 0.411 e. The van der Waals surface area contributed by atoms with Crippen molar-refractivity contribution in [1.82, 2.24) is 9.80 Å². The SMILES string of the molecule is C[N+](C)(CCCCN1C(=O)c2ccccc2C1=O)CCOCCOCCN1CCC(OC(=O)Nc2ccccc2-c2ccccc2)CC1. The van der Waals surface area contributed by atoms with Crippen molar-refractivity contribution in [2.45, 2.75) is 31.8 Å². The number of imide groups is 1. The van der Waals surface area contributed by atoms with Gasteiger partial charge < -0.3 is 23.6 Å². The lowest BCUT2D eigenvalue weighted by atomic mass is 10.0. The van der Waals surface area contributed by atoms with Crippen LogP contribution in [-0.2, 0) is 14.2 Å². The molecule has 48 heavy (non-hydrogen) atoms. The summed E-state index contributed by atoms with van der Waals surface area (Å²) in [5.41, 5.74) is 3.77. The molecule has 0 unspecified atom stereocenters. The van der Waals surface area contributed by atoms with Crippen molar-refractivity contribution in [2.24, 2.45) is 0 Å². The Hall–Kier alpha value is -4.09. The van der Waals surface area contributed by atoms with E-state index in [0.29, 0.717) is 44.1 Å². The summed E-state index contributed by atoms with van der Waals surface area (Å²) >= 11 is 0. The highest BCUT2D eigenvalue weighted by Crippen LogP contribution is 2.28. The largest absolute Gasteiger partial charge is 0.446 e. The van der Waals surface area contributed by atoms with Crippen molar-refractivity contribution in [3.8, 4) is 11.1 Å². The molecular formula is C38H49N4O6+. The number of nitrogens with one attached hydrogen (secondary N) is 1. The summed E-state index contributed by atoms with van der Waals surface area (Å²) in [5, 5.41) is 2.93. The number of carbonyl (C=O) groups excluding carboxylic acids is 3. The number of hydrogen-bond donors (Lipinski definition) is 1. The van der Waals surface area contributed by atoms with Gasteiger partial charge in [-0.25, -0.2) is 4.79 Å². The number of para-hydroxylation sites is 1. The number of likely N-dealkylation sites (N-methyl/N-ethyl adjacent to an activating group) is 1. The molecule has 0 atom stereocenters. The molecule has 1 fully saturated rings. The summed E-state index contributed by atoms with van der Waals surface area (Å²) in [7, 11) is 4.35. The van der Waals surface area contributed by atoms with Crippen molar-refractivity contribution in [1.29, 1.82) is 0 Å². The molecule has 1 N–H and O–H groups in total. The van der Waals surface area contributed by atoms with E-state index in [1.165, 1.54) is 4.90 Å². The minimum atomic E-state index is -0.415. The molecule has 2 heterocycles. The zero-order chi connectivity index (χ0) is 33.8. The van der Waals surface area contributed by atoms with E-state index < -0.39 is 6.09 Å². The minimum absolute atomic E-state index is 0.0987. The molecule has 10 heteroatoms. The number of hydrogen-bond acceptors (Lipinski definition) is 7. The van der Waals surface area contributed by atoms with Crippen LogP contribution >= 0.6 is 0 Å². The van der Waals surface area contributed by atoms with E-state index >= 15 is 0 Å². The van der Waals surface area contributed by atoms with Crippen LogP contribution in [0.2, 0.25) is 0 Å². The number of ether oxygens (including phenoxy) is 3. The van der Waals surface area contributed by atoms with Crippen molar-refractivity contribution < 1.29 is 33.1 Å². The number of anilines is 1. The van der Waals surface area contributed by atoms with E-state index in [1.807, 2.05) is 54.6 Å². The van der Waals surface area contributed by atoms with Gasteiger partial charge in [-0.15, -0.1) is 0 Å². The van der Waals surface area contributed by atoms with E-state index in [4.69, 9.17) is 14.2 Å². The van der Waals surface area contributed by atoms with Crippen LogP contribution in [0.25, 0.3) is 11.1 Å². The molecule has 3 aromatic rings. The number of unbranched alkanes of at least 4 members (excludes halogenated alkanes) is 1. The molecule has 0 bridgehead atoms. The van der Waals surface area contributed by atoms with E-state index in [0.717, 1.165) is 79.7 Å². The van der Waals surface area contributed by atoms with Crippen molar-refractivity contribution in [3.63, 3.8) is 0 Å². The lowest BCUT2D eigenvalue weighted by Crippen LogP contribution is -2.43. The quantitative estimate of drug-likeness (QED) is 0.116. The first-order valence-electron chi connectivity index (χ1n) is 17.1. The fourth-order valence-corrected chi connectivity index (χ4v) is 6.19. The Bertz CT molecular complexity index is 1470. The monoisotopic (exact) mass is 657 g/mol. The third kappa shape index (κ3) is 9.96. The summed E-state index contributed by atoms with van der Waals surface area (Å²) in [6.07, 6.45) is 2.79. The number of likely N-dealkylation sites (tertiary alicyclic amines) is 1. The number of amides is 3. The molecule has 0 radical (unpaired) electrons. The molecule has 0 saturated carbocycles. The van der Waals surface area contributed by atoms with Crippen molar-refractivity contribution >= 4 is 23.6 Å². The van der Waals surface area contributed by atoms with Gasteiger partial charge in [0, 0.05) is 31.7 Å². The van der Waals surface area contributed by atoms with Gasteiger partial charge in [0.1, 0.15) is 12.6 Å². The first-order valence-corrected chi connectivity index (χ1v) is 17.1. The number of carbonyl (C=O) groups is 3. The second-order valence-electron chi connectivity index (χ2n) is 13.1. The Labute approximate surface area is 284 Å². The van der Waals surface area contributed by atoms with Gasteiger partial charge in [0.15, 0.2) is 0 Å². The molecule has 2 aliphatic heterocycles. The molecule has 3 amide bonds. The van der Waals surface area contributed by atoms with Gasteiger partial charge >= 0.3 is 6.09 Å². The third-order valence-electron chi connectivity index (χ3n) is 9.10. The summed E-state index contributed by atoms with van der Waals surface area (Å²) in [6.45, 7) is 7.24. The Balaban J connectivity index is 0.867. The fourth-order valence-electron chi connectivity index (χ4n) is 6.19. The molecule has 1 saturated heterocycles. The van der Waals surface area contributed by atoms with E-state index in [1.54, 1.807) is 24.3 Å². The highest BCUT2D eigenvalue weighted by atomic mass is 16.6. The van der Waals surface area contributed by atoms with Crippen molar-refractivity contribution in [2.75, 3.05) is 85.1 Å². The summed E-state index contributed by atoms with van der Waals surface area (Å²) in [6, 6.07) is 24.8. The highest BCUT2D eigenvalue weighted by molar-refractivity contribution is 6.21. The number of rotatable bonds is 17. The van der Waals surface area contributed by atoms with Crippen LogP contribution in [0.5, 0.6) is 0 Å². The Morgan fingerprint density at radius 3 is 2.02 bits per heavy atom. The molecule has 256 valence electrons. The molecule has 2 aliphatic rings. The Morgan fingerprint density at radius 1 is 0.729 bits per heavy atom. The molecule has 0 aliphatic carbocycles. The molecule has 3 aromatic carbocycles. The normalized spacial score (nSPS) is 15.5. The second-order valence-corrected chi connectivity index (χ2v) is 13.1. The first-order chi connectivity index (χ1) is 23.3. The molecule has 10 nitrogen and oxygen atoms in total. The maximum atomic E-state index is 12.7. The van der Waals surface area contributed by atoms with Crippen LogP contribution in [0.4, 0.5) is 10.5 Å². The van der Waals surface area contributed by atoms with Crippen LogP contribution in [0.1, 0.15) is 46.4 Å². The zero-order valence-corrected chi connectivity index (χ0v) is 28.3. The van der Waals surface area contributed by atoms with Gasteiger partial charge in [0.05, 0.1) is 63.9 Å². The highest BCUT2D eigenvalue weighted by Gasteiger charge is 2.34. The van der Waals surface area contributed by atoms with Gasteiger partial charge in [0.25, 0.3) is 11.8 Å². The van der Waals surface area contributed by atoms with Crippen LogP contribution in [-0.4, -0.2) is 118 Å². The van der Waals surface area contributed by atoms with Crippen LogP contribution in [0.3, 0.4) is 0 Å². The predicted octanol–water partition coefficient (Wildman–Crippen LogP) is 5.55. The maximum absolute atomic E-state index is 12.7. The molecule has 5 rings (SSSR count).